The first-order chi connectivity index (χ1) is 19.2. The zero-order chi connectivity index (χ0) is 28.4. The van der Waals surface area contributed by atoms with E-state index in [4.69, 9.17) is 9.15 Å². The summed E-state index contributed by atoms with van der Waals surface area (Å²) in [5, 5.41) is 3.17. The van der Waals surface area contributed by atoms with Crippen LogP contribution < -0.4 is 10.1 Å². The van der Waals surface area contributed by atoms with Crippen LogP contribution in [0.2, 0.25) is 0 Å². The minimum Gasteiger partial charge on any atom is -0.497 e. The van der Waals surface area contributed by atoms with Gasteiger partial charge in [-0.15, -0.1) is 0 Å². The molecule has 2 aliphatic carbocycles. The van der Waals surface area contributed by atoms with Gasteiger partial charge in [-0.2, -0.15) is 4.31 Å². The predicted octanol–water partition coefficient (Wildman–Crippen LogP) is 2.98. The number of sulfonamides is 1. The maximum atomic E-state index is 13.7. The van der Waals surface area contributed by atoms with E-state index in [1.54, 1.807) is 37.4 Å². The molecule has 2 unspecified atom stereocenters. The Morgan fingerprint density at radius 2 is 1.82 bits per heavy atom. The van der Waals surface area contributed by atoms with Crippen LogP contribution in [0.25, 0.3) is 0 Å². The summed E-state index contributed by atoms with van der Waals surface area (Å²) in [6.45, 7) is 8.19. The van der Waals surface area contributed by atoms with Crippen molar-refractivity contribution in [3.05, 3.63) is 41.1 Å². The lowest BCUT2D eigenvalue weighted by Crippen LogP contribution is -2.52. The number of ether oxygens (including phenoxy) is 1. The van der Waals surface area contributed by atoms with Crippen molar-refractivity contribution in [1.82, 2.24) is 24.4 Å². The third-order valence-corrected chi connectivity index (χ3v) is 10.8. The van der Waals surface area contributed by atoms with Crippen molar-refractivity contribution >= 4 is 15.9 Å². The fourth-order valence-corrected chi connectivity index (χ4v) is 8.32. The van der Waals surface area contributed by atoms with Crippen molar-refractivity contribution < 1.29 is 22.4 Å². The fraction of sp³-hybridized carbons (Fsp3) is 0.655. The van der Waals surface area contributed by atoms with Crippen LogP contribution in [0, 0.1) is 13.8 Å². The van der Waals surface area contributed by atoms with Gasteiger partial charge in [-0.1, -0.05) is 0 Å². The number of aromatic nitrogens is 1. The second-order valence-corrected chi connectivity index (χ2v) is 13.5. The van der Waals surface area contributed by atoms with Crippen LogP contribution in [0.4, 0.5) is 0 Å². The number of hydrogen-bond donors (Lipinski definition) is 1. The number of benzene rings is 1. The molecule has 0 spiro atoms. The van der Waals surface area contributed by atoms with E-state index in [1.807, 2.05) is 0 Å². The van der Waals surface area contributed by atoms with Gasteiger partial charge in [0.25, 0.3) is 5.91 Å². The topological polar surface area (TPSA) is 108 Å². The van der Waals surface area contributed by atoms with Crippen molar-refractivity contribution in [1.29, 1.82) is 0 Å². The molecule has 0 bridgehead atoms. The molecule has 1 aromatic heterocycles. The van der Waals surface area contributed by atoms with E-state index in [1.165, 1.54) is 12.7 Å². The molecule has 10 nitrogen and oxygen atoms in total. The summed E-state index contributed by atoms with van der Waals surface area (Å²) in [4.78, 5) is 22.7. The normalized spacial score (nSPS) is 22.9. The van der Waals surface area contributed by atoms with Gasteiger partial charge in [-0.05, 0) is 82.7 Å². The van der Waals surface area contributed by atoms with E-state index in [9.17, 15) is 13.2 Å². The number of nitrogens with zero attached hydrogens (tertiary/aromatic N) is 4. The van der Waals surface area contributed by atoms with E-state index in [2.05, 4.69) is 27.1 Å². The highest BCUT2D eigenvalue weighted by Gasteiger charge is 2.39. The molecule has 0 radical (unpaired) electrons. The summed E-state index contributed by atoms with van der Waals surface area (Å²) in [5.41, 5.74) is 1.57. The fourth-order valence-electron chi connectivity index (χ4n) is 6.22. The molecule has 1 amide bonds. The molecular weight excluding hydrogens is 530 g/mol. The monoisotopic (exact) mass is 573 g/mol. The minimum absolute atomic E-state index is 0.0248. The number of carbonyl (C=O) groups excluding carboxylic acids is 1. The van der Waals surface area contributed by atoms with Gasteiger partial charge in [0.1, 0.15) is 12.0 Å². The number of oxazole rings is 1. The van der Waals surface area contributed by atoms with Gasteiger partial charge in [0.05, 0.1) is 12.0 Å². The van der Waals surface area contributed by atoms with Crippen LogP contribution in [0.15, 0.2) is 27.7 Å². The number of methoxy groups -OCH3 is 1. The molecule has 1 aliphatic heterocycles. The summed E-state index contributed by atoms with van der Waals surface area (Å²) in [6.07, 6.45) is 7.57. The molecule has 2 atom stereocenters. The lowest BCUT2D eigenvalue weighted by atomic mass is 9.89. The molecule has 1 N–H and O–H groups in total. The second kappa shape index (κ2) is 12.2. The predicted molar refractivity (Wildman–Crippen MR) is 152 cm³/mol. The number of aryl methyl sites for hydroxylation is 2. The zero-order valence-corrected chi connectivity index (χ0v) is 25.0. The SMILES string of the molecule is COc1cc(C)c(S(=O)(=O)N(CCc2nc(C(=O)NC3CCCC(N4CCN(C)CC4)C3)co2)C2CC2)c(C)c1. The zero-order valence-electron chi connectivity index (χ0n) is 24.2. The summed E-state index contributed by atoms with van der Waals surface area (Å²) >= 11 is 0. The van der Waals surface area contributed by atoms with Crippen molar-refractivity contribution in [3.63, 3.8) is 0 Å². The van der Waals surface area contributed by atoms with Gasteiger partial charge >= 0.3 is 0 Å². The van der Waals surface area contributed by atoms with Gasteiger partial charge in [-0.25, -0.2) is 13.4 Å². The Morgan fingerprint density at radius 1 is 1.12 bits per heavy atom. The smallest absolute Gasteiger partial charge is 0.273 e. The highest BCUT2D eigenvalue weighted by atomic mass is 32.2. The number of carbonyl (C=O) groups is 1. The first kappa shape index (κ1) is 29.0. The van der Waals surface area contributed by atoms with Crippen LogP contribution >= 0.6 is 0 Å². The highest BCUT2D eigenvalue weighted by Crippen LogP contribution is 2.35. The van der Waals surface area contributed by atoms with Crippen molar-refractivity contribution in [2.75, 3.05) is 46.9 Å². The molecule has 40 heavy (non-hydrogen) atoms. The van der Waals surface area contributed by atoms with Crippen LogP contribution in [-0.4, -0.2) is 98.4 Å². The molecule has 11 heteroatoms. The molecule has 1 aromatic carbocycles. The first-order valence-corrected chi connectivity index (χ1v) is 15.9. The van der Waals surface area contributed by atoms with Crippen molar-refractivity contribution in [2.24, 2.45) is 0 Å². The number of hydrogen-bond acceptors (Lipinski definition) is 8. The molecule has 3 aliphatic rings. The van der Waals surface area contributed by atoms with Gasteiger partial charge in [-0.3, -0.25) is 9.69 Å². The maximum absolute atomic E-state index is 13.7. The Labute approximate surface area is 238 Å². The van der Waals surface area contributed by atoms with Crippen LogP contribution in [0.5, 0.6) is 5.75 Å². The first-order valence-electron chi connectivity index (χ1n) is 14.5. The summed E-state index contributed by atoms with van der Waals surface area (Å²) in [5.74, 6) is 0.781. The average molecular weight is 574 g/mol. The Kier molecular flexibility index (Phi) is 8.84. The summed E-state index contributed by atoms with van der Waals surface area (Å²) in [6, 6.07) is 4.11. The molecule has 3 fully saturated rings. The van der Waals surface area contributed by atoms with E-state index >= 15 is 0 Å². The molecule has 2 saturated carbocycles. The Morgan fingerprint density at radius 3 is 2.48 bits per heavy atom. The van der Waals surface area contributed by atoms with Gasteiger partial charge in [0, 0.05) is 57.3 Å². The number of piperazine rings is 1. The Hall–Kier alpha value is -2.47. The average Bonchev–Trinajstić information content (AvgIpc) is 3.64. The molecule has 5 rings (SSSR count). The third kappa shape index (κ3) is 6.53. The lowest BCUT2D eigenvalue weighted by Gasteiger charge is -2.41. The molecule has 2 heterocycles. The van der Waals surface area contributed by atoms with Crippen LogP contribution in [-0.2, 0) is 16.4 Å². The standard InChI is InChI=1S/C29H43N5O5S/c1-20-16-25(38-4)17-21(2)28(20)40(36,37)34(23-8-9-23)11-10-27-31-26(19-39-27)29(35)30-22-6-5-7-24(18-22)33-14-12-32(3)13-15-33/h16-17,19,22-24H,5-15,18H2,1-4H3,(H,30,35). The van der Waals surface area contributed by atoms with Gasteiger partial charge < -0.3 is 19.4 Å². The van der Waals surface area contributed by atoms with E-state index in [0.29, 0.717) is 40.1 Å². The van der Waals surface area contributed by atoms with E-state index in [-0.39, 0.29) is 30.2 Å². The van der Waals surface area contributed by atoms with Crippen LogP contribution in [0.3, 0.4) is 0 Å². The highest BCUT2D eigenvalue weighted by molar-refractivity contribution is 7.89. The van der Waals surface area contributed by atoms with Gasteiger partial charge in [0.2, 0.25) is 10.0 Å². The lowest BCUT2D eigenvalue weighted by molar-refractivity contribution is 0.0759. The molecule has 1 saturated heterocycles. The number of nitrogens with one attached hydrogen (secondary N) is 1. The second-order valence-electron chi connectivity index (χ2n) is 11.6. The third-order valence-electron chi connectivity index (χ3n) is 8.56. The number of likely N-dealkylation sites (N-methyl/N-ethyl adjacent to an activating group) is 1. The summed E-state index contributed by atoms with van der Waals surface area (Å²) in [7, 11) is 0.0206. The Bertz CT molecular complexity index is 1280. The van der Waals surface area contributed by atoms with Gasteiger partial charge in [0.15, 0.2) is 11.6 Å². The minimum atomic E-state index is -3.72. The molecule has 2 aromatic rings. The van der Waals surface area contributed by atoms with Crippen LogP contribution in [0.1, 0.15) is 66.0 Å². The quantitative estimate of drug-likeness (QED) is 0.462. The van der Waals surface area contributed by atoms with E-state index in [0.717, 1.165) is 58.3 Å². The Balaban J connectivity index is 1.19. The summed E-state index contributed by atoms with van der Waals surface area (Å²) < 4.78 is 40.0. The largest absolute Gasteiger partial charge is 0.497 e. The van der Waals surface area contributed by atoms with Crippen molar-refractivity contribution in [2.45, 2.75) is 81.8 Å². The molecule has 220 valence electrons. The molecular formula is C29H43N5O5S. The van der Waals surface area contributed by atoms with Crippen molar-refractivity contribution in [3.8, 4) is 5.75 Å². The maximum Gasteiger partial charge on any atom is 0.273 e. The van der Waals surface area contributed by atoms with E-state index < -0.39 is 10.0 Å². The number of rotatable bonds is 10. The number of amides is 1.